The van der Waals surface area contributed by atoms with Gasteiger partial charge in [0, 0.05) is 17.5 Å². The summed E-state index contributed by atoms with van der Waals surface area (Å²) in [7, 11) is 0. The van der Waals surface area contributed by atoms with Crippen molar-refractivity contribution in [2.75, 3.05) is 6.61 Å². The molecule has 0 spiro atoms. The summed E-state index contributed by atoms with van der Waals surface area (Å²) in [4.78, 5) is 10.2. The fraction of sp³-hybridized carbons (Fsp3) is 0.417. The van der Waals surface area contributed by atoms with Gasteiger partial charge in [0.15, 0.2) is 0 Å². The van der Waals surface area contributed by atoms with Crippen LogP contribution in [-0.4, -0.2) is 17.7 Å². The van der Waals surface area contributed by atoms with Gasteiger partial charge in [-0.15, -0.1) is 0 Å². The van der Waals surface area contributed by atoms with Crippen LogP contribution in [0.25, 0.3) is 0 Å². The lowest BCUT2D eigenvalue weighted by atomic mass is 10.2. The van der Waals surface area contributed by atoms with E-state index >= 15 is 0 Å². The van der Waals surface area contributed by atoms with Crippen LogP contribution in [0.2, 0.25) is 0 Å². The van der Waals surface area contributed by atoms with Crippen LogP contribution in [0.15, 0.2) is 28.7 Å². The zero-order chi connectivity index (χ0) is 11.8. The Morgan fingerprint density at radius 3 is 2.88 bits per heavy atom. The summed E-state index contributed by atoms with van der Waals surface area (Å²) in [6.07, 6.45) is 1.69. The van der Waals surface area contributed by atoms with Gasteiger partial charge in [0.25, 0.3) is 0 Å². The minimum Gasteiger partial charge on any atom is -0.481 e. The van der Waals surface area contributed by atoms with Crippen LogP contribution < -0.4 is 0 Å². The van der Waals surface area contributed by atoms with E-state index in [0.717, 1.165) is 16.5 Å². The summed E-state index contributed by atoms with van der Waals surface area (Å²) in [5.41, 5.74) is 1.12. The summed E-state index contributed by atoms with van der Waals surface area (Å²) >= 11 is 3.39. The van der Waals surface area contributed by atoms with Crippen molar-refractivity contribution >= 4 is 21.9 Å². The monoisotopic (exact) mass is 286 g/mol. The lowest BCUT2D eigenvalue weighted by molar-refractivity contribution is -0.137. The second-order valence-corrected chi connectivity index (χ2v) is 4.45. The van der Waals surface area contributed by atoms with Gasteiger partial charge in [-0.1, -0.05) is 28.1 Å². The zero-order valence-electron chi connectivity index (χ0n) is 8.99. The maximum absolute atomic E-state index is 10.2. The third-order valence-electron chi connectivity index (χ3n) is 2.09. The van der Waals surface area contributed by atoms with Crippen LogP contribution in [0.4, 0.5) is 0 Å². The predicted octanol–water partition coefficient (Wildman–Crippen LogP) is 3.22. The lowest BCUT2D eigenvalue weighted by Crippen LogP contribution is -1.98. The quantitative estimate of drug-likeness (QED) is 0.783. The van der Waals surface area contributed by atoms with E-state index in [1.54, 1.807) is 0 Å². The number of hydrogen-bond acceptors (Lipinski definition) is 2. The predicted molar refractivity (Wildman–Crippen MR) is 65.3 cm³/mol. The van der Waals surface area contributed by atoms with Gasteiger partial charge in [0.05, 0.1) is 6.61 Å². The van der Waals surface area contributed by atoms with Crippen molar-refractivity contribution in [1.29, 1.82) is 0 Å². The Morgan fingerprint density at radius 2 is 2.19 bits per heavy atom. The molecule has 1 aromatic carbocycles. The molecule has 0 saturated heterocycles. The van der Waals surface area contributed by atoms with E-state index in [1.807, 2.05) is 24.3 Å². The first-order valence-electron chi connectivity index (χ1n) is 5.22. The van der Waals surface area contributed by atoms with Crippen molar-refractivity contribution in [3.8, 4) is 0 Å². The molecule has 0 saturated carbocycles. The molecule has 0 aliphatic rings. The van der Waals surface area contributed by atoms with Crippen LogP contribution in [0.5, 0.6) is 0 Å². The Hall–Kier alpha value is -0.870. The summed E-state index contributed by atoms with van der Waals surface area (Å²) in [5, 5.41) is 8.43. The smallest absolute Gasteiger partial charge is 0.303 e. The first-order valence-corrected chi connectivity index (χ1v) is 6.02. The van der Waals surface area contributed by atoms with E-state index in [-0.39, 0.29) is 6.42 Å². The molecule has 16 heavy (non-hydrogen) atoms. The number of halogens is 1. The number of carboxylic acids is 1. The topological polar surface area (TPSA) is 46.5 Å². The fourth-order valence-electron chi connectivity index (χ4n) is 1.30. The van der Waals surface area contributed by atoms with Gasteiger partial charge in [-0.2, -0.15) is 0 Å². The average molecular weight is 287 g/mol. The number of hydrogen-bond donors (Lipinski definition) is 1. The van der Waals surface area contributed by atoms with Gasteiger partial charge in [-0.05, 0) is 30.5 Å². The molecule has 1 N–H and O–H groups in total. The standard InChI is InChI=1S/C12H15BrO3/c13-11-5-3-4-10(8-11)9-16-7-2-1-6-12(14)15/h3-5,8H,1-2,6-7,9H2,(H,14,15). The van der Waals surface area contributed by atoms with Crippen LogP contribution in [0, 0.1) is 0 Å². The Morgan fingerprint density at radius 1 is 1.38 bits per heavy atom. The number of unbranched alkanes of at least 4 members (excludes halogenated alkanes) is 1. The van der Waals surface area contributed by atoms with Crippen molar-refractivity contribution in [2.45, 2.75) is 25.9 Å². The average Bonchev–Trinajstić information content (AvgIpc) is 2.23. The van der Waals surface area contributed by atoms with Crippen LogP contribution in [0.3, 0.4) is 0 Å². The van der Waals surface area contributed by atoms with Crippen molar-refractivity contribution in [1.82, 2.24) is 0 Å². The van der Waals surface area contributed by atoms with Crippen molar-refractivity contribution < 1.29 is 14.6 Å². The van der Waals surface area contributed by atoms with Crippen molar-refractivity contribution in [3.05, 3.63) is 34.3 Å². The Balaban J connectivity index is 2.09. The number of aliphatic carboxylic acids is 1. The Labute approximate surface area is 104 Å². The maximum Gasteiger partial charge on any atom is 0.303 e. The van der Waals surface area contributed by atoms with E-state index < -0.39 is 5.97 Å². The van der Waals surface area contributed by atoms with Gasteiger partial charge in [-0.3, -0.25) is 4.79 Å². The molecule has 0 aliphatic carbocycles. The molecule has 0 heterocycles. The largest absolute Gasteiger partial charge is 0.481 e. The van der Waals surface area contributed by atoms with E-state index in [4.69, 9.17) is 9.84 Å². The number of rotatable bonds is 7. The lowest BCUT2D eigenvalue weighted by Gasteiger charge is -2.04. The highest BCUT2D eigenvalue weighted by molar-refractivity contribution is 9.10. The SMILES string of the molecule is O=C(O)CCCCOCc1cccc(Br)c1. The molecule has 3 nitrogen and oxygen atoms in total. The van der Waals surface area contributed by atoms with Gasteiger partial charge in [0.1, 0.15) is 0 Å². The molecule has 0 bridgehead atoms. The van der Waals surface area contributed by atoms with Gasteiger partial charge < -0.3 is 9.84 Å². The second-order valence-electron chi connectivity index (χ2n) is 3.53. The summed E-state index contributed by atoms with van der Waals surface area (Å²) in [5.74, 6) is -0.744. The Kier molecular flexibility index (Phi) is 6.11. The van der Waals surface area contributed by atoms with Gasteiger partial charge in [-0.25, -0.2) is 0 Å². The van der Waals surface area contributed by atoms with Crippen LogP contribution in [-0.2, 0) is 16.1 Å². The highest BCUT2D eigenvalue weighted by Crippen LogP contribution is 2.12. The highest BCUT2D eigenvalue weighted by atomic mass is 79.9. The van der Waals surface area contributed by atoms with Crippen molar-refractivity contribution in [2.24, 2.45) is 0 Å². The number of ether oxygens (including phenoxy) is 1. The molecular formula is C12H15BrO3. The minimum atomic E-state index is -0.744. The highest BCUT2D eigenvalue weighted by Gasteiger charge is 1.97. The molecule has 1 rings (SSSR count). The minimum absolute atomic E-state index is 0.222. The first kappa shape index (κ1) is 13.2. The van der Waals surface area contributed by atoms with Crippen molar-refractivity contribution in [3.63, 3.8) is 0 Å². The molecule has 0 aromatic heterocycles. The normalized spacial score (nSPS) is 10.3. The zero-order valence-corrected chi connectivity index (χ0v) is 10.6. The molecule has 0 aliphatic heterocycles. The molecular weight excluding hydrogens is 272 g/mol. The molecule has 88 valence electrons. The van der Waals surface area contributed by atoms with Gasteiger partial charge in [0.2, 0.25) is 0 Å². The Bertz CT molecular complexity index is 339. The van der Waals surface area contributed by atoms with E-state index in [9.17, 15) is 4.79 Å². The molecule has 4 heteroatoms. The number of carboxylic acid groups (broad SMARTS) is 1. The molecule has 0 atom stereocenters. The molecule has 0 radical (unpaired) electrons. The fourth-order valence-corrected chi connectivity index (χ4v) is 1.74. The third kappa shape index (κ3) is 5.88. The molecule has 0 amide bonds. The van der Waals surface area contributed by atoms with Gasteiger partial charge >= 0.3 is 5.97 Å². The number of benzene rings is 1. The van der Waals surface area contributed by atoms with E-state index in [0.29, 0.717) is 19.6 Å². The summed E-state index contributed by atoms with van der Waals surface area (Å²) in [6.45, 7) is 1.19. The van der Waals surface area contributed by atoms with E-state index in [2.05, 4.69) is 15.9 Å². The molecule has 1 aromatic rings. The third-order valence-corrected chi connectivity index (χ3v) is 2.58. The maximum atomic E-state index is 10.2. The summed E-state index contributed by atoms with van der Waals surface area (Å²) in [6, 6.07) is 7.95. The molecule has 0 fully saturated rings. The second kappa shape index (κ2) is 7.41. The van der Waals surface area contributed by atoms with Crippen LogP contribution >= 0.6 is 15.9 Å². The molecule has 0 unspecified atom stereocenters. The van der Waals surface area contributed by atoms with E-state index in [1.165, 1.54) is 0 Å². The summed E-state index contributed by atoms with van der Waals surface area (Å²) < 4.78 is 6.48. The number of carbonyl (C=O) groups is 1. The first-order chi connectivity index (χ1) is 7.68. The van der Waals surface area contributed by atoms with Crippen LogP contribution in [0.1, 0.15) is 24.8 Å².